The van der Waals surface area contributed by atoms with Crippen LogP contribution >= 0.6 is 23.2 Å². The monoisotopic (exact) mass is 397 g/mol. The van der Waals surface area contributed by atoms with Crippen molar-refractivity contribution in [2.45, 2.75) is 20.0 Å². The molecular weight excluding hydrogens is 381 g/mol. The van der Waals surface area contributed by atoms with Gasteiger partial charge in [0.05, 0.1) is 15.6 Å². The second-order valence-corrected chi connectivity index (χ2v) is 7.24. The Hall–Kier alpha value is -2.56. The van der Waals surface area contributed by atoms with Crippen molar-refractivity contribution < 1.29 is 4.74 Å². The Morgan fingerprint density at radius 3 is 2.41 bits per heavy atom. The molecule has 0 bridgehead atoms. The van der Waals surface area contributed by atoms with Gasteiger partial charge in [-0.1, -0.05) is 53.0 Å². The topological polar surface area (TPSA) is 50.8 Å². The zero-order valence-corrected chi connectivity index (χ0v) is 16.3. The fraction of sp³-hybridized carbons (Fsp3) is 0.143. The van der Waals surface area contributed by atoms with Crippen LogP contribution in [0.1, 0.15) is 24.2 Å². The maximum absolute atomic E-state index is 6.24. The molecule has 4 nitrogen and oxygen atoms in total. The third-order valence-electron chi connectivity index (χ3n) is 4.47. The molecule has 2 aromatic heterocycles. The lowest BCUT2D eigenvalue weighted by atomic mass is 10.1. The number of aromatic amines is 1. The van der Waals surface area contributed by atoms with Crippen molar-refractivity contribution in [1.82, 2.24) is 15.2 Å². The number of pyridine rings is 1. The predicted octanol–water partition coefficient (Wildman–Crippen LogP) is 6.38. The number of aryl methyl sites for hydroxylation is 1. The summed E-state index contributed by atoms with van der Waals surface area (Å²) in [6.07, 6.45) is 2.81. The molecule has 0 saturated carbocycles. The van der Waals surface area contributed by atoms with Gasteiger partial charge in [0.1, 0.15) is 17.5 Å². The third kappa shape index (κ3) is 3.51. The molecule has 6 heteroatoms. The van der Waals surface area contributed by atoms with E-state index in [1.165, 1.54) is 5.56 Å². The average Bonchev–Trinajstić information content (AvgIpc) is 3.05. The molecule has 1 atom stereocenters. The first-order chi connectivity index (χ1) is 13.0. The first kappa shape index (κ1) is 17.8. The van der Waals surface area contributed by atoms with Crippen LogP contribution in [0.3, 0.4) is 0 Å². The SMILES string of the molecule is Cc1ccc(-c2n[nH]c3ccc(OC(C)c4c(Cl)cncc4Cl)cc23)cc1. The highest BCUT2D eigenvalue weighted by atomic mass is 35.5. The molecule has 0 saturated heterocycles. The van der Waals surface area contributed by atoms with Crippen molar-refractivity contribution >= 4 is 34.1 Å². The predicted molar refractivity (Wildman–Crippen MR) is 110 cm³/mol. The van der Waals surface area contributed by atoms with Crippen molar-refractivity contribution in [3.05, 3.63) is 76.0 Å². The van der Waals surface area contributed by atoms with Gasteiger partial charge in [0.2, 0.25) is 0 Å². The number of aromatic nitrogens is 3. The van der Waals surface area contributed by atoms with Crippen LogP contribution in [0.5, 0.6) is 5.75 Å². The number of fused-ring (bicyclic) bond motifs is 1. The average molecular weight is 398 g/mol. The third-order valence-corrected chi connectivity index (χ3v) is 5.07. The van der Waals surface area contributed by atoms with Crippen LogP contribution in [-0.2, 0) is 0 Å². The van der Waals surface area contributed by atoms with Gasteiger partial charge in [-0.3, -0.25) is 10.1 Å². The molecule has 4 aromatic rings. The molecule has 0 spiro atoms. The van der Waals surface area contributed by atoms with Crippen molar-refractivity contribution in [3.8, 4) is 17.0 Å². The van der Waals surface area contributed by atoms with Gasteiger partial charge in [0.25, 0.3) is 0 Å². The summed E-state index contributed by atoms with van der Waals surface area (Å²) in [6, 6.07) is 14.1. The van der Waals surface area contributed by atoms with Gasteiger partial charge in [-0.25, -0.2) is 0 Å². The highest BCUT2D eigenvalue weighted by Crippen LogP contribution is 2.34. The second kappa shape index (κ2) is 7.22. The van der Waals surface area contributed by atoms with E-state index < -0.39 is 0 Å². The van der Waals surface area contributed by atoms with Gasteiger partial charge < -0.3 is 4.74 Å². The summed E-state index contributed by atoms with van der Waals surface area (Å²) >= 11 is 12.5. The molecular formula is C21H17Cl2N3O. The summed E-state index contributed by atoms with van der Waals surface area (Å²) in [6.45, 7) is 3.97. The molecule has 0 aliphatic carbocycles. The number of halogens is 2. The minimum absolute atomic E-state index is 0.319. The van der Waals surface area contributed by atoms with Crippen LogP contribution in [0, 0.1) is 6.92 Å². The smallest absolute Gasteiger partial charge is 0.124 e. The van der Waals surface area contributed by atoms with Crippen molar-refractivity contribution in [1.29, 1.82) is 0 Å². The molecule has 0 radical (unpaired) electrons. The number of rotatable bonds is 4. The summed E-state index contributed by atoms with van der Waals surface area (Å²) in [5, 5.41) is 9.51. The van der Waals surface area contributed by atoms with Crippen LogP contribution in [0.2, 0.25) is 10.0 Å². The number of hydrogen-bond acceptors (Lipinski definition) is 3. The molecule has 0 aliphatic heterocycles. The van der Waals surface area contributed by atoms with E-state index in [0.29, 0.717) is 15.8 Å². The molecule has 0 aliphatic rings. The number of nitrogens with zero attached hydrogens (tertiary/aromatic N) is 2. The van der Waals surface area contributed by atoms with Gasteiger partial charge in [-0.05, 0) is 32.0 Å². The van der Waals surface area contributed by atoms with Crippen LogP contribution in [0.25, 0.3) is 22.2 Å². The highest BCUT2D eigenvalue weighted by Gasteiger charge is 2.17. The lowest BCUT2D eigenvalue weighted by Gasteiger charge is -2.17. The van der Waals surface area contributed by atoms with E-state index in [-0.39, 0.29) is 6.10 Å². The fourth-order valence-electron chi connectivity index (χ4n) is 3.07. The van der Waals surface area contributed by atoms with Crippen LogP contribution in [-0.4, -0.2) is 15.2 Å². The van der Waals surface area contributed by atoms with Gasteiger partial charge in [-0.2, -0.15) is 5.10 Å². The summed E-state index contributed by atoms with van der Waals surface area (Å²) in [4.78, 5) is 3.99. The van der Waals surface area contributed by atoms with E-state index in [9.17, 15) is 0 Å². The normalized spacial score (nSPS) is 12.3. The lowest BCUT2D eigenvalue weighted by molar-refractivity contribution is 0.227. The number of hydrogen-bond donors (Lipinski definition) is 1. The van der Waals surface area contributed by atoms with E-state index >= 15 is 0 Å². The lowest BCUT2D eigenvalue weighted by Crippen LogP contribution is -2.05. The molecule has 1 N–H and O–H groups in total. The van der Waals surface area contributed by atoms with E-state index in [1.54, 1.807) is 12.4 Å². The van der Waals surface area contributed by atoms with Crippen molar-refractivity contribution in [2.75, 3.05) is 0 Å². The molecule has 1 unspecified atom stereocenters. The Morgan fingerprint density at radius 1 is 1.00 bits per heavy atom. The Kier molecular flexibility index (Phi) is 4.77. The van der Waals surface area contributed by atoms with Crippen molar-refractivity contribution in [2.24, 2.45) is 0 Å². The molecule has 0 fully saturated rings. The zero-order chi connectivity index (χ0) is 19.0. The summed E-state index contributed by atoms with van der Waals surface area (Å²) in [7, 11) is 0. The molecule has 2 heterocycles. The number of H-pyrrole nitrogens is 1. The largest absolute Gasteiger partial charge is 0.486 e. The maximum atomic E-state index is 6.24. The first-order valence-electron chi connectivity index (χ1n) is 8.53. The molecule has 27 heavy (non-hydrogen) atoms. The van der Waals surface area contributed by atoms with Gasteiger partial charge in [-0.15, -0.1) is 0 Å². The van der Waals surface area contributed by atoms with E-state index in [2.05, 4.69) is 46.4 Å². The standard InChI is InChI=1S/C21H17Cl2N3O/c1-12-3-5-14(6-4-12)21-16-9-15(7-8-19(16)25-26-21)27-13(2)20-17(22)10-24-11-18(20)23/h3-11,13H,1-2H3,(H,25,26). The van der Waals surface area contributed by atoms with E-state index in [1.807, 2.05) is 25.1 Å². The van der Waals surface area contributed by atoms with E-state index in [0.717, 1.165) is 27.7 Å². The number of benzene rings is 2. The maximum Gasteiger partial charge on any atom is 0.124 e. The van der Waals surface area contributed by atoms with E-state index in [4.69, 9.17) is 27.9 Å². The Bertz CT molecular complexity index is 1090. The first-order valence-corrected chi connectivity index (χ1v) is 9.29. The summed E-state index contributed by atoms with van der Waals surface area (Å²) in [5.74, 6) is 0.716. The number of nitrogens with one attached hydrogen (secondary N) is 1. The minimum atomic E-state index is -0.319. The van der Waals surface area contributed by atoms with Crippen molar-refractivity contribution in [3.63, 3.8) is 0 Å². The van der Waals surface area contributed by atoms with Crippen LogP contribution in [0.15, 0.2) is 54.9 Å². The van der Waals surface area contributed by atoms with Gasteiger partial charge in [0.15, 0.2) is 0 Å². The molecule has 0 amide bonds. The minimum Gasteiger partial charge on any atom is -0.486 e. The number of ether oxygens (including phenoxy) is 1. The van der Waals surface area contributed by atoms with Crippen LogP contribution < -0.4 is 4.74 Å². The molecule has 136 valence electrons. The Balaban J connectivity index is 1.69. The fourth-order valence-corrected chi connectivity index (χ4v) is 3.74. The Labute approximate surface area is 167 Å². The van der Waals surface area contributed by atoms with Gasteiger partial charge >= 0.3 is 0 Å². The highest BCUT2D eigenvalue weighted by molar-refractivity contribution is 6.35. The Morgan fingerprint density at radius 2 is 1.70 bits per heavy atom. The summed E-state index contributed by atoms with van der Waals surface area (Å²) < 4.78 is 6.11. The zero-order valence-electron chi connectivity index (χ0n) is 14.8. The molecule has 2 aromatic carbocycles. The molecule has 4 rings (SSSR count). The quantitative estimate of drug-likeness (QED) is 0.434. The van der Waals surface area contributed by atoms with Gasteiger partial charge in [0, 0.05) is 28.9 Å². The summed E-state index contributed by atoms with van der Waals surface area (Å²) in [5.41, 5.74) is 4.83. The second-order valence-electron chi connectivity index (χ2n) is 6.42. The van der Waals surface area contributed by atoms with Crippen LogP contribution in [0.4, 0.5) is 0 Å².